The molecule has 1 aliphatic carbocycles. The lowest BCUT2D eigenvalue weighted by Gasteiger charge is -2.24. The summed E-state index contributed by atoms with van der Waals surface area (Å²) in [7, 11) is 1.86. The van der Waals surface area contributed by atoms with Gasteiger partial charge in [0, 0.05) is 56.5 Å². The molecule has 2 N–H and O–H groups in total. The first kappa shape index (κ1) is 18.6. The number of thiazole rings is 1. The standard InChI is InChI=1S/C19H33N5S/c1-14(2)18-22-16(13-25-18)8-10-21-19(20-3)23-15-9-11-24(12-15)17-6-4-5-7-17/h13-15,17H,4-12H2,1-3H3,(H2,20,21,23). The highest BCUT2D eigenvalue weighted by atomic mass is 32.1. The third kappa shape index (κ3) is 5.17. The molecule has 2 fully saturated rings. The van der Waals surface area contributed by atoms with Gasteiger partial charge in [0.15, 0.2) is 5.96 Å². The molecule has 1 saturated heterocycles. The summed E-state index contributed by atoms with van der Waals surface area (Å²) in [6.45, 7) is 7.66. The fraction of sp³-hybridized carbons (Fsp3) is 0.789. The molecule has 2 aliphatic rings. The van der Waals surface area contributed by atoms with Gasteiger partial charge < -0.3 is 10.6 Å². The topological polar surface area (TPSA) is 52.6 Å². The van der Waals surface area contributed by atoms with E-state index in [-0.39, 0.29) is 0 Å². The van der Waals surface area contributed by atoms with Crippen LogP contribution in [0, 0.1) is 0 Å². The van der Waals surface area contributed by atoms with Gasteiger partial charge in [0.1, 0.15) is 0 Å². The smallest absolute Gasteiger partial charge is 0.191 e. The SMILES string of the molecule is CN=C(NCCc1csc(C(C)C)n1)NC1CCN(C2CCCC2)C1. The minimum Gasteiger partial charge on any atom is -0.356 e. The molecular formula is C19H33N5S. The quantitative estimate of drug-likeness (QED) is 0.603. The first-order valence-electron chi connectivity index (χ1n) is 9.81. The maximum atomic E-state index is 4.70. The summed E-state index contributed by atoms with van der Waals surface area (Å²) in [4.78, 5) is 11.8. The summed E-state index contributed by atoms with van der Waals surface area (Å²) in [5, 5.41) is 10.5. The Balaban J connectivity index is 1.39. The highest BCUT2D eigenvalue weighted by molar-refractivity contribution is 7.09. The normalized spacial score (nSPS) is 22.9. The van der Waals surface area contributed by atoms with Crippen LogP contribution in [-0.2, 0) is 6.42 Å². The van der Waals surface area contributed by atoms with E-state index in [1.807, 2.05) is 7.05 Å². The van der Waals surface area contributed by atoms with Crippen LogP contribution in [0.5, 0.6) is 0 Å². The van der Waals surface area contributed by atoms with Gasteiger partial charge in [0.2, 0.25) is 0 Å². The molecule has 0 amide bonds. The van der Waals surface area contributed by atoms with Crippen LogP contribution in [0.2, 0.25) is 0 Å². The Bertz CT molecular complexity index is 562. The Labute approximate surface area is 156 Å². The molecule has 1 aromatic heterocycles. The van der Waals surface area contributed by atoms with Gasteiger partial charge in [-0.05, 0) is 19.3 Å². The number of guanidine groups is 1. The largest absolute Gasteiger partial charge is 0.356 e. The van der Waals surface area contributed by atoms with Crippen molar-refractivity contribution in [2.75, 3.05) is 26.7 Å². The van der Waals surface area contributed by atoms with Crippen LogP contribution >= 0.6 is 11.3 Å². The molecule has 1 atom stereocenters. The minimum absolute atomic E-state index is 0.520. The number of hydrogen-bond acceptors (Lipinski definition) is 4. The van der Waals surface area contributed by atoms with Crippen LogP contribution in [0.1, 0.15) is 62.6 Å². The lowest BCUT2D eigenvalue weighted by Crippen LogP contribution is -2.45. The van der Waals surface area contributed by atoms with Gasteiger partial charge in [-0.3, -0.25) is 9.89 Å². The number of hydrogen-bond donors (Lipinski definition) is 2. The van der Waals surface area contributed by atoms with E-state index in [4.69, 9.17) is 4.98 Å². The van der Waals surface area contributed by atoms with Crippen LogP contribution < -0.4 is 10.6 Å². The molecular weight excluding hydrogens is 330 g/mol. The monoisotopic (exact) mass is 363 g/mol. The second-order valence-corrected chi connectivity index (χ2v) is 8.53. The minimum atomic E-state index is 0.520. The van der Waals surface area contributed by atoms with Gasteiger partial charge in [-0.2, -0.15) is 0 Å². The zero-order valence-electron chi connectivity index (χ0n) is 15.9. The molecule has 0 spiro atoms. The number of aromatic nitrogens is 1. The van der Waals surface area contributed by atoms with Crippen molar-refractivity contribution in [3.63, 3.8) is 0 Å². The number of nitrogens with one attached hydrogen (secondary N) is 2. The summed E-state index contributed by atoms with van der Waals surface area (Å²) in [5.74, 6) is 1.45. The van der Waals surface area contributed by atoms with Crippen molar-refractivity contribution in [1.29, 1.82) is 0 Å². The molecule has 25 heavy (non-hydrogen) atoms. The molecule has 0 bridgehead atoms. The first-order valence-corrected chi connectivity index (χ1v) is 10.7. The van der Waals surface area contributed by atoms with Crippen molar-refractivity contribution in [3.05, 3.63) is 16.1 Å². The molecule has 1 unspecified atom stereocenters. The Morgan fingerprint density at radius 1 is 1.36 bits per heavy atom. The Hall–Kier alpha value is -1.14. The second-order valence-electron chi connectivity index (χ2n) is 7.64. The predicted octanol–water partition coefficient (Wildman–Crippen LogP) is 2.99. The zero-order valence-corrected chi connectivity index (χ0v) is 16.7. The van der Waals surface area contributed by atoms with E-state index < -0.39 is 0 Å². The Kier molecular flexibility index (Phi) is 6.70. The molecule has 1 saturated carbocycles. The summed E-state index contributed by atoms with van der Waals surface area (Å²) in [6.07, 6.45) is 7.79. The van der Waals surface area contributed by atoms with Crippen molar-refractivity contribution in [3.8, 4) is 0 Å². The number of nitrogens with zero attached hydrogens (tertiary/aromatic N) is 3. The summed E-state index contributed by atoms with van der Waals surface area (Å²) < 4.78 is 0. The molecule has 140 valence electrons. The number of likely N-dealkylation sites (tertiary alicyclic amines) is 1. The van der Waals surface area contributed by atoms with E-state index in [2.05, 4.69) is 39.8 Å². The first-order chi connectivity index (χ1) is 12.2. The fourth-order valence-electron chi connectivity index (χ4n) is 3.91. The third-order valence-corrected chi connectivity index (χ3v) is 6.56. The summed E-state index contributed by atoms with van der Waals surface area (Å²) in [6, 6.07) is 1.36. The lowest BCUT2D eigenvalue weighted by molar-refractivity contribution is 0.242. The van der Waals surface area contributed by atoms with Crippen LogP contribution in [-0.4, -0.2) is 54.6 Å². The lowest BCUT2D eigenvalue weighted by atomic mass is 10.2. The van der Waals surface area contributed by atoms with Crippen molar-refractivity contribution in [1.82, 2.24) is 20.5 Å². The molecule has 1 aliphatic heterocycles. The van der Waals surface area contributed by atoms with Gasteiger partial charge in [0.25, 0.3) is 0 Å². The van der Waals surface area contributed by atoms with Gasteiger partial charge in [-0.15, -0.1) is 11.3 Å². The van der Waals surface area contributed by atoms with Gasteiger partial charge >= 0.3 is 0 Å². The van der Waals surface area contributed by atoms with Crippen molar-refractivity contribution in [2.45, 2.75) is 70.4 Å². The van der Waals surface area contributed by atoms with E-state index in [1.54, 1.807) is 11.3 Å². The molecule has 2 heterocycles. The van der Waals surface area contributed by atoms with E-state index in [1.165, 1.54) is 49.4 Å². The van der Waals surface area contributed by atoms with Crippen molar-refractivity contribution >= 4 is 17.3 Å². The van der Waals surface area contributed by atoms with Crippen LogP contribution in [0.15, 0.2) is 10.4 Å². The summed E-state index contributed by atoms with van der Waals surface area (Å²) in [5.41, 5.74) is 1.19. The van der Waals surface area contributed by atoms with Crippen LogP contribution in [0.25, 0.3) is 0 Å². The maximum absolute atomic E-state index is 4.70. The van der Waals surface area contributed by atoms with E-state index >= 15 is 0 Å². The van der Waals surface area contributed by atoms with Gasteiger partial charge in [-0.25, -0.2) is 4.98 Å². The molecule has 0 aromatic carbocycles. The Morgan fingerprint density at radius 2 is 2.16 bits per heavy atom. The average Bonchev–Trinajstić information content (AvgIpc) is 3.34. The van der Waals surface area contributed by atoms with E-state index in [9.17, 15) is 0 Å². The number of aliphatic imine (C=N–C) groups is 1. The predicted molar refractivity (Wildman–Crippen MR) is 107 cm³/mol. The van der Waals surface area contributed by atoms with E-state index in [0.29, 0.717) is 12.0 Å². The highest BCUT2D eigenvalue weighted by Crippen LogP contribution is 2.26. The number of rotatable bonds is 6. The second kappa shape index (κ2) is 8.99. The highest BCUT2D eigenvalue weighted by Gasteiger charge is 2.30. The van der Waals surface area contributed by atoms with E-state index in [0.717, 1.165) is 31.5 Å². The van der Waals surface area contributed by atoms with Gasteiger partial charge in [-0.1, -0.05) is 26.7 Å². The summed E-state index contributed by atoms with van der Waals surface area (Å²) >= 11 is 1.77. The van der Waals surface area contributed by atoms with Crippen LogP contribution in [0.4, 0.5) is 0 Å². The third-order valence-electron chi connectivity index (χ3n) is 5.36. The molecule has 0 radical (unpaired) electrons. The van der Waals surface area contributed by atoms with Crippen molar-refractivity contribution < 1.29 is 0 Å². The fourth-order valence-corrected chi connectivity index (χ4v) is 4.78. The average molecular weight is 364 g/mol. The van der Waals surface area contributed by atoms with Crippen molar-refractivity contribution in [2.24, 2.45) is 4.99 Å². The zero-order chi connectivity index (χ0) is 17.6. The Morgan fingerprint density at radius 3 is 2.84 bits per heavy atom. The molecule has 5 nitrogen and oxygen atoms in total. The molecule has 6 heteroatoms. The van der Waals surface area contributed by atoms with Gasteiger partial charge in [0.05, 0.1) is 10.7 Å². The van der Waals surface area contributed by atoms with Crippen LogP contribution in [0.3, 0.4) is 0 Å². The molecule has 1 aromatic rings. The maximum Gasteiger partial charge on any atom is 0.191 e. The molecule has 3 rings (SSSR count).